The number of halogens is 3. The number of carbonyl (C=O) groups excluding carboxylic acids is 1. The van der Waals surface area contributed by atoms with E-state index in [1.54, 1.807) is 6.07 Å². The molecule has 2 N–H and O–H groups in total. The number of rotatable bonds is 5. The van der Waals surface area contributed by atoms with Crippen molar-refractivity contribution in [2.45, 2.75) is 19.2 Å². The molecule has 1 aromatic carbocycles. The lowest BCUT2D eigenvalue weighted by atomic mass is 10.1. The quantitative estimate of drug-likeness (QED) is 0.904. The van der Waals surface area contributed by atoms with Gasteiger partial charge in [0.1, 0.15) is 5.75 Å². The van der Waals surface area contributed by atoms with Gasteiger partial charge in [-0.1, -0.05) is 12.1 Å². The molecular weight excluding hydrogens is 285 g/mol. The van der Waals surface area contributed by atoms with Gasteiger partial charge in [-0.15, -0.1) is 13.2 Å². The SMILES string of the molecule is NC(=O)C1CCN(CCc2cccc(OC(F)(F)F)c2)C1. The van der Waals surface area contributed by atoms with Crippen LogP contribution in [0.1, 0.15) is 12.0 Å². The normalized spacial score (nSPS) is 19.7. The second kappa shape index (κ2) is 6.34. The zero-order chi connectivity index (χ0) is 15.5. The molecule has 0 aliphatic carbocycles. The van der Waals surface area contributed by atoms with Crippen LogP contribution in [0.2, 0.25) is 0 Å². The summed E-state index contributed by atoms with van der Waals surface area (Å²) in [6, 6.07) is 5.95. The van der Waals surface area contributed by atoms with Crippen LogP contribution in [0.4, 0.5) is 13.2 Å². The van der Waals surface area contributed by atoms with E-state index in [9.17, 15) is 18.0 Å². The van der Waals surface area contributed by atoms with Gasteiger partial charge in [0.25, 0.3) is 0 Å². The molecule has 1 heterocycles. The molecule has 1 saturated heterocycles. The van der Waals surface area contributed by atoms with Crippen LogP contribution in [-0.2, 0) is 11.2 Å². The predicted molar refractivity (Wildman–Crippen MR) is 70.6 cm³/mol. The maximum Gasteiger partial charge on any atom is 0.573 e. The standard InChI is InChI=1S/C14H17F3N2O2/c15-14(16,17)21-12-3-1-2-10(8-12)4-6-19-7-5-11(9-19)13(18)20/h1-3,8,11H,4-7,9H2,(H2,18,20). The first-order chi connectivity index (χ1) is 9.83. The topological polar surface area (TPSA) is 55.6 Å². The molecule has 1 fully saturated rings. The molecule has 2 rings (SSSR count). The number of alkyl halides is 3. The Hall–Kier alpha value is -1.76. The number of nitrogens with zero attached hydrogens (tertiary/aromatic N) is 1. The van der Waals surface area contributed by atoms with Gasteiger partial charge >= 0.3 is 6.36 Å². The number of ether oxygens (including phenoxy) is 1. The molecule has 1 aliphatic rings. The number of amides is 1. The van der Waals surface area contributed by atoms with Gasteiger partial charge in [-0.05, 0) is 37.1 Å². The molecule has 4 nitrogen and oxygen atoms in total. The molecule has 1 atom stereocenters. The van der Waals surface area contributed by atoms with Crippen LogP contribution in [0, 0.1) is 5.92 Å². The largest absolute Gasteiger partial charge is 0.573 e. The summed E-state index contributed by atoms with van der Waals surface area (Å²) in [7, 11) is 0. The van der Waals surface area contributed by atoms with Crippen LogP contribution < -0.4 is 10.5 Å². The second-order valence-electron chi connectivity index (χ2n) is 5.13. The summed E-state index contributed by atoms with van der Waals surface area (Å²) in [5, 5.41) is 0. The van der Waals surface area contributed by atoms with Gasteiger partial charge in [0.05, 0.1) is 5.92 Å². The van der Waals surface area contributed by atoms with E-state index >= 15 is 0 Å². The maximum absolute atomic E-state index is 12.1. The Morgan fingerprint density at radius 3 is 2.81 bits per heavy atom. The van der Waals surface area contributed by atoms with Crippen molar-refractivity contribution in [3.63, 3.8) is 0 Å². The van der Waals surface area contributed by atoms with Crippen LogP contribution in [0.25, 0.3) is 0 Å². The number of nitrogens with two attached hydrogens (primary N) is 1. The van der Waals surface area contributed by atoms with Crippen LogP contribution in [0.15, 0.2) is 24.3 Å². The number of likely N-dealkylation sites (tertiary alicyclic amines) is 1. The summed E-state index contributed by atoms with van der Waals surface area (Å²) in [5.74, 6) is -0.626. The molecule has 0 spiro atoms. The van der Waals surface area contributed by atoms with Gasteiger partial charge in [-0.2, -0.15) is 0 Å². The van der Waals surface area contributed by atoms with Gasteiger partial charge < -0.3 is 15.4 Å². The van der Waals surface area contributed by atoms with Crippen molar-refractivity contribution >= 4 is 5.91 Å². The Bertz CT molecular complexity index is 505. The van der Waals surface area contributed by atoms with Crippen molar-refractivity contribution < 1.29 is 22.7 Å². The fraction of sp³-hybridized carbons (Fsp3) is 0.500. The molecule has 0 saturated carbocycles. The highest BCUT2D eigenvalue weighted by atomic mass is 19.4. The molecule has 1 aliphatic heterocycles. The third kappa shape index (κ3) is 4.93. The average molecular weight is 302 g/mol. The minimum atomic E-state index is -4.68. The summed E-state index contributed by atoms with van der Waals surface area (Å²) < 4.78 is 40.3. The van der Waals surface area contributed by atoms with Crippen molar-refractivity contribution in [1.82, 2.24) is 4.90 Å². The van der Waals surface area contributed by atoms with Gasteiger partial charge in [0.2, 0.25) is 5.91 Å². The van der Waals surface area contributed by atoms with E-state index in [-0.39, 0.29) is 17.6 Å². The molecule has 0 radical (unpaired) electrons. The lowest BCUT2D eigenvalue weighted by Gasteiger charge is -2.15. The van der Waals surface area contributed by atoms with Crippen LogP contribution in [-0.4, -0.2) is 36.8 Å². The third-order valence-electron chi connectivity index (χ3n) is 3.52. The molecule has 1 unspecified atom stereocenters. The summed E-state index contributed by atoms with van der Waals surface area (Å²) >= 11 is 0. The van der Waals surface area contributed by atoms with Crippen LogP contribution >= 0.6 is 0 Å². The number of primary amides is 1. The minimum absolute atomic E-state index is 0.120. The summed E-state index contributed by atoms with van der Waals surface area (Å²) in [4.78, 5) is 13.2. The molecule has 1 amide bonds. The van der Waals surface area contributed by atoms with E-state index in [0.29, 0.717) is 19.5 Å². The van der Waals surface area contributed by atoms with Gasteiger partial charge in [-0.25, -0.2) is 0 Å². The smallest absolute Gasteiger partial charge is 0.406 e. The Morgan fingerprint density at radius 1 is 1.43 bits per heavy atom. The zero-order valence-electron chi connectivity index (χ0n) is 11.4. The second-order valence-corrected chi connectivity index (χ2v) is 5.13. The first-order valence-corrected chi connectivity index (χ1v) is 6.70. The fourth-order valence-corrected chi connectivity index (χ4v) is 2.45. The van der Waals surface area contributed by atoms with Crippen molar-refractivity contribution in [3.8, 4) is 5.75 Å². The first-order valence-electron chi connectivity index (χ1n) is 6.70. The lowest BCUT2D eigenvalue weighted by molar-refractivity contribution is -0.274. The highest BCUT2D eigenvalue weighted by Crippen LogP contribution is 2.24. The fourth-order valence-electron chi connectivity index (χ4n) is 2.45. The van der Waals surface area contributed by atoms with E-state index in [1.165, 1.54) is 18.2 Å². The monoisotopic (exact) mass is 302 g/mol. The van der Waals surface area contributed by atoms with E-state index < -0.39 is 6.36 Å². The van der Waals surface area contributed by atoms with Crippen molar-refractivity contribution in [2.24, 2.45) is 11.7 Å². The number of hydrogen-bond donors (Lipinski definition) is 1. The molecule has 1 aromatic rings. The van der Waals surface area contributed by atoms with Crippen molar-refractivity contribution in [2.75, 3.05) is 19.6 Å². The number of carbonyl (C=O) groups is 1. The molecule has 0 aromatic heterocycles. The van der Waals surface area contributed by atoms with E-state index in [2.05, 4.69) is 9.64 Å². The Balaban J connectivity index is 1.86. The highest BCUT2D eigenvalue weighted by Gasteiger charge is 2.31. The predicted octanol–water partition coefficient (Wildman–Crippen LogP) is 1.93. The molecule has 21 heavy (non-hydrogen) atoms. The van der Waals surface area contributed by atoms with E-state index in [1.807, 2.05) is 0 Å². The Labute approximate surface area is 120 Å². The Morgan fingerprint density at radius 2 is 2.19 bits per heavy atom. The van der Waals surface area contributed by atoms with Crippen molar-refractivity contribution in [3.05, 3.63) is 29.8 Å². The Kier molecular flexibility index (Phi) is 4.72. The summed E-state index contributed by atoms with van der Waals surface area (Å²) in [6.45, 7) is 2.08. The van der Waals surface area contributed by atoms with Crippen molar-refractivity contribution in [1.29, 1.82) is 0 Å². The lowest BCUT2D eigenvalue weighted by Crippen LogP contribution is -2.28. The zero-order valence-corrected chi connectivity index (χ0v) is 11.4. The molecule has 116 valence electrons. The molecule has 7 heteroatoms. The molecular formula is C14H17F3N2O2. The van der Waals surface area contributed by atoms with Gasteiger partial charge in [0.15, 0.2) is 0 Å². The van der Waals surface area contributed by atoms with Crippen LogP contribution in [0.3, 0.4) is 0 Å². The summed E-state index contributed by atoms with van der Waals surface area (Å²) in [6.07, 6.45) is -3.34. The van der Waals surface area contributed by atoms with Crippen LogP contribution in [0.5, 0.6) is 5.75 Å². The molecule has 0 bridgehead atoms. The van der Waals surface area contributed by atoms with Gasteiger partial charge in [0, 0.05) is 13.1 Å². The maximum atomic E-state index is 12.1. The third-order valence-corrected chi connectivity index (χ3v) is 3.52. The minimum Gasteiger partial charge on any atom is -0.406 e. The van der Waals surface area contributed by atoms with E-state index in [0.717, 1.165) is 18.5 Å². The highest BCUT2D eigenvalue weighted by molar-refractivity contribution is 5.77. The first kappa shape index (κ1) is 15.6. The average Bonchev–Trinajstić information content (AvgIpc) is 2.83. The summed E-state index contributed by atoms with van der Waals surface area (Å²) in [5.41, 5.74) is 6.02. The number of benzene rings is 1. The van der Waals surface area contributed by atoms with E-state index in [4.69, 9.17) is 5.73 Å². The van der Waals surface area contributed by atoms with Gasteiger partial charge in [-0.3, -0.25) is 4.79 Å². The number of hydrogen-bond acceptors (Lipinski definition) is 3.